The number of nitrogens with one attached hydrogen (secondary N) is 3. The Kier molecular flexibility index (Phi) is 24.0. The molecule has 0 rings (SSSR count). The number of guanidine groups is 2. The van der Waals surface area contributed by atoms with Crippen LogP contribution in [-0.4, -0.2) is 42.0 Å². The van der Waals surface area contributed by atoms with Crippen molar-refractivity contribution in [2.75, 3.05) is 14.1 Å². The Balaban J connectivity index is 0. The van der Waals surface area contributed by atoms with Crippen LogP contribution in [-0.2, 0) is 4.79 Å². The molecule has 33 heavy (non-hydrogen) atoms. The van der Waals surface area contributed by atoms with Gasteiger partial charge in [0.25, 0.3) is 0 Å². The summed E-state index contributed by atoms with van der Waals surface area (Å²) in [5, 5.41) is 24.5. The van der Waals surface area contributed by atoms with Crippen LogP contribution in [0.3, 0.4) is 0 Å². The predicted octanol–water partition coefficient (Wildman–Crippen LogP) is 5.51. The third-order valence-corrected chi connectivity index (χ3v) is 4.05. The molecule has 0 aliphatic heterocycles. The van der Waals surface area contributed by atoms with Crippen molar-refractivity contribution in [3.8, 4) is 0 Å². The van der Waals surface area contributed by atoms with Gasteiger partial charge in [-0.05, 0) is 12.8 Å². The highest BCUT2D eigenvalue weighted by molar-refractivity contribution is 5.94. The summed E-state index contributed by atoms with van der Waals surface area (Å²) in [6, 6.07) is 0. The van der Waals surface area contributed by atoms with Crippen LogP contribution in [0.1, 0.15) is 58.3 Å². The number of aliphatic carboxylic acids is 1. The lowest BCUT2D eigenvalue weighted by Gasteiger charge is -2.13. The Bertz CT molecular complexity index is 701. The average Bonchev–Trinajstić information content (AvgIpc) is 2.75. The first-order valence-electron chi connectivity index (χ1n) is 11.4. The summed E-state index contributed by atoms with van der Waals surface area (Å²) >= 11 is 0. The van der Waals surface area contributed by atoms with E-state index in [4.69, 9.17) is 21.7 Å². The molecule has 0 unspecified atom stereocenters. The molecule has 7 heteroatoms. The molecule has 0 atom stereocenters. The minimum atomic E-state index is -0.936. The number of carboxylic acids is 1. The fourth-order valence-electron chi connectivity index (χ4n) is 2.28. The first-order valence-corrected chi connectivity index (χ1v) is 11.4. The van der Waals surface area contributed by atoms with E-state index in [1.807, 2.05) is 36.5 Å². The lowest BCUT2D eigenvalue weighted by atomic mass is 10.1. The van der Waals surface area contributed by atoms with Gasteiger partial charge in [0.2, 0.25) is 0 Å². The van der Waals surface area contributed by atoms with Crippen molar-refractivity contribution in [3.63, 3.8) is 0 Å². The van der Waals surface area contributed by atoms with Gasteiger partial charge in [-0.25, -0.2) is 4.79 Å². The highest BCUT2D eigenvalue weighted by Crippen LogP contribution is 2.08. The molecule has 0 bridgehead atoms. The van der Waals surface area contributed by atoms with Gasteiger partial charge in [0.05, 0.1) is 0 Å². The zero-order valence-electron chi connectivity index (χ0n) is 20.5. The highest BCUT2D eigenvalue weighted by Gasteiger charge is 1.96. The molecular weight excluding hydrogens is 414 g/mol. The fourth-order valence-corrected chi connectivity index (χ4v) is 2.28. The molecule has 0 amide bonds. The van der Waals surface area contributed by atoms with Gasteiger partial charge in [0.15, 0.2) is 11.9 Å². The van der Waals surface area contributed by atoms with Gasteiger partial charge in [-0.2, -0.15) is 0 Å². The van der Waals surface area contributed by atoms with Crippen LogP contribution in [0.4, 0.5) is 0 Å². The predicted molar refractivity (Wildman–Crippen MR) is 142 cm³/mol. The molecule has 0 aliphatic carbocycles. The number of nitrogens with zero attached hydrogens (tertiary/aromatic N) is 1. The Morgan fingerprint density at radius 1 is 0.818 bits per heavy atom. The second-order valence-electron chi connectivity index (χ2n) is 7.36. The fraction of sp³-hybridized carbons (Fsp3) is 0.423. The monoisotopic (exact) mass is 457 g/mol. The van der Waals surface area contributed by atoms with E-state index < -0.39 is 5.97 Å². The summed E-state index contributed by atoms with van der Waals surface area (Å²) < 4.78 is 0. The van der Waals surface area contributed by atoms with Crippen LogP contribution >= 0.6 is 0 Å². The lowest BCUT2D eigenvalue weighted by Crippen LogP contribution is -2.42. The SMILES string of the molecule is CCCCCCCCCC=CC=CC=CC=CC=CC=CC(=O)O.CN(C)C(=N)NC(=N)N. The van der Waals surface area contributed by atoms with Crippen molar-refractivity contribution in [2.24, 2.45) is 5.73 Å². The second-order valence-corrected chi connectivity index (χ2v) is 7.36. The molecule has 0 heterocycles. The van der Waals surface area contributed by atoms with Gasteiger partial charge < -0.3 is 15.7 Å². The van der Waals surface area contributed by atoms with Gasteiger partial charge in [0.1, 0.15) is 0 Å². The number of carbonyl (C=O) groups is 1. The van der Waals surface area contributed by atoms with Crippen molar-refractivity contribution in [2.45, 2.75) is 58.3 Å². The summed E-state index contributed by atoms with van der Waals surface area (Å²) in [5.41, 5.74) is 4.94. The lowest BCUT2D eigenvalue weighted by molar-refractivity contribution is -0.131. The van der Waals surface area contributed by atoms with Crippen molar-refractivity contribution in [1.82, 2.24) is 10.2 Å². The van der Waals surface area contributed by atoms with Gasteiger partial charge in [-0.1, -0.05) is 112 Å². The smallest absolute Gasteiger partial charge is 0.328 e. The van der Waals surface area contributed by atoms with E-state index in [-0.39, 0.29) is 11.9 Å². The first kappa shape index (κ1) is 31.8. The molecular formula is C26H43N5O2. The largest absolute Gasteiger partial charge is 0.478 e. The Hall–Kier alpha value is -3.35. The van der Waals surface area contributed by atoms with E-state index in [2.05, 4.69) is 24.4 Å². The van der Waals surface area contributed by atoms with Gasteiger partial charge in [-0.3, -0.25) is 16.1 Å². The minimum Gasteiger partial charge on any atom is -0.478 e. The van der Waals surface area contributed by atoms with Crippen molar-refractivity contribution in [3.05, 3.63) is 72.9 Å². The molecule has 0 aromatic carbocycles. The maximum atomic E-state index is 10.2. The van der Waals surface area contributed by atoms with Gasteiger partial charge >= 0.3 is 5.97 Å². The third-order valence-electron chi connectivity index (χ3n) is 4.05. The maximum absolute atomic E-state index is 10.2. The second kappa shape index (κ2) is 24.9. The number of rotatable bonds is 14. The summed E-state index contributed by atoms with van der Waals surface area (Å²) in [7, 11) is 3.39. The van der Waals surface area contributed by atoms with Gasteiger partial charge in [0, 0.05) is 20.2 Å². The molecule has 0 aromatic rings. The van der Waals surface area contributed by atoms with Gasteiger partial charge in [-0.15, -0.1) is 0 Å². The number of nitrogens with two attached hydrogens (primary N) is 1. The molecule has 0 fully saturated rings. The van der Waals surface area contributed by atoms with Crippen molar-refractivity contribution < 1.29 is 9.90 Å². The van der Waals surface area contributed by atoms with E-state index in [9.17, 15) is 4.79 Å². The zero-order valence-corrected chi connectivity index (χ0v) is 20.5. The van der Waals surface area contributed by atoms with Crippen LogP contribution in [0.15, 0.2) is 72.9 Å². The average molecular weight is 458 g/mol. The summed E-state index contributed by atoms with van der Waals surface area (Å²) in [6.45, 7) is 2.25. The maximum Gasteiger partial charge on any atom is 0.328 e. The normalized spacial score (nSPS) is 11.7. The topological polar surface area (TPSA) is 126 Å². The molecule has 0 aliphatic rings. The van der Waals surface area contributed by atoms with E-state index in [1.165, 1.54) is 55.9 Å². The van der Waals surface area contributed by atoms with E-state index in [1.54, 1.807) is 26.2 Å². The van der Waals surface area contributed by atoms with Crippen LogP contribution in [0.25, 0.3) is 0 Å². The van der Waals surface area contributed by atoms with E-state index in [0.717, 1.165) is 12.5 Å². The quantitative estimate of drug-likeness (QED) is 0.0772. The zero-order chi connectivity index (χ0) is 25.2. The molecule has 0 radical (unpaired) electrons. The Labute approximate surface area is 200 Å². The van der Waals surface area contributed by atoms with Crippen molar-refractivity contribution in [1.29, 1.82) is 10.8 Å². The molecule has 0 spiro atoms. The summed E-state index contributed by atoms with van der Waals surface area (Å²) in [4.78, 5) is 11.7. The first-order chi connectivity index (χ1) is 15.8. The van der Waals surface area contributed by atoms with Crippen LogP contribution < -0.4 is 11.1 Å². The Morgan fingerprint density at radius 3 is 1.70 bits per heavy atom. The summed E-state index contributed by atoms with van der Waals surface area (Å²) in [6.07, 6.45) is 32.7. The standard InChI is InChI=1S/C22H32O2.C4H11N5/c1-2-3-4-5-6-7-8-9-10-11-12-13-14-15-16-17-18-19-20-21-22(23)24;1-9(2)4(7)8-3(5)6/h10-21H,2-9H2,1H3,(H,23,24);1-2H3,(H5,5,6,7,8). The van der Waals surface area contributed by atoms with Crippen molar-refractivity contribution >= 4 is 17.9 Å². The molecule has 184 valence electrons. The summed E-state index contributed by atoms with van der Waals surface area (Å²) in [5.74, 6) is -1.04. The highest BCUT2D eigenvalue weighted by atomic mass is 16.4. The molecule has 0 aromatic heterocycles. The molecule has 7 nitrogen and oxygen atoms in total. The van der Waals surface area contributed by atoms with E-state index >= 15 is 0 Å². The number of carboxylic acid groups (broad SMARTS) is 1. The van der Waals surface area contributed by atoms with Crippen LogP contribution in [0.5, 0.6) is 0 Å². The van der Waals surface area contributed by atoms with E-state index in [0.29, 0.717) is 0 Å². The number of hydrogen-bond acceptors (Lipinski definition) is 3. The number of hydrogen-bond donors (Lipinski definition) is 5. The Morgan fingerprint density at radius 2 is 1.27 bits per heavy atom. The van der Waals surface area contributed by atoms with Crippen LogP contribution in [0.2, 0.25) is 0 Å². The third kappa shape index (κ3) is 30.9. The number of allylic oxidation sites excluding steroid dienone is 11. The number of unbranched alkanes of at least 4 members (excludes halogenated alkanes) is 7. The molecule has 6 N–H and O–H groups in total. The van der Waals surface area contributed by atoms with Crippen LogP contribution in [0, 0.1) is 10.8 Å². The molecule has 0 saturated carbocycles. The molecule has 0 saturated heterocycles. The minimum absolute atomic E-state index is 0.113.